The molecule has 0 heterocycles. The van der Waals surface area contributed by atoms with E-state index < -0.39 is 29.9 Å². The van der Waals surface area contributed by atoms with Gasteiger partial charge in [0.05, 0.1) is 12.1 Å². The first-order valence-electron chi connectivity index (χ1n) is 6.19. The fourth-order valence-electron chi connectivity index (χ4n) is 1.59. The Balaban J connectivity index is 4.51. The largest absolute Gasteiger partial charge is 0.481 e. The molecule has 8 nitrogen and oxygen atoms in total. The van der Waals surface area contributed by atoms with Crippen LogP contribution in [0.5, 0.6) is 0 Å². The van der Waals surface area contributed by atoms with Crippen LogP contribution in [0.3, 0.4) is 0 Å². The van der Waals surface area contributed by atoms with E-state index in [1.54, 1.807) is 0 Å². The van der Waals surface area contributed by atoms with E-state index in [9.17, 15) is 19.2 Å². The van der Waals surface area contributed by atoms with Crippen LogP contribution < -0.4 is 10.6 Å². The van der Waals surface area contributed by atoms with Gasteiger partial charge in [-0.1, -0.05) is 0 Å². The number of carboxylic acid groups (broad SMARTS) is 2. The zero-order valence-electron chi connectivity index (χ0n) is 11.5. The summed E-state index contributed by atoms with van der Waals surface area (Å²) in [6, 6.07) is -1.61. The number of rotatable bonds is 10. The van der Waals surface area contributed by atoms with Gasteiger partial charge in [0.2, 0.25) is 5.91 Å². The zero-order valence-corrected chi connectivity index (χ0v) is 11.5. The molecule has 2 unspecified atom stereocenters. The summed E-state index contributed by atoms with van der Waals surface area (Å²) in [7, 11) is 1.51. The molecule has 0 aliphatic rings. The van der Waals surface area contributed by atoms with Crippen LogP contribution in [0.15, 0.2) is 0 Å². The summed E-state index contributed by atoms with van der Waals surface area (Å²) in [4.78, 5) is 44.2. The zero-order chi connectivity index (χ0) is 15.7. The van der Waals surface area contributed by atoms with Gasteiger partial charge < -0.3 is 20.8 Å². The molecule has 2 atom stereocenters. The first kappa shape index (κ1) is 18.0. The molecule has 0 aromatic carbocycles. The molecule has 0 bridgehead atoms. The van der Waals surface area contributed by atoms with Crippen molar-refractivity contribution < 1.29 is 29.4 Å². The van der Waals surface area contributed by atoms with Gasteiger partial charge in [-0.2, -0.15) is 0 Å². The number of aliphatic carboxylic acids is 2. The molecule has 114 valence electrons. The maximum absolute atomic E-state index is 11.9. The van der Waals surface area contributed by atoms with Gasteiger partial charge in [0, 0.05) is 12.8 Å². The van der Waals surface area contributed by atoms with Crippen LogP contribution in [0.25, 0.3) is 0 Å². The molecule has 0 spiro atoms. The molecular formula is C12H20N2O6. The summed E-state index contributed by atoms with van der Waals surface area (Å²) in [5.41, 5.74) is 0. The summed E-state index contributed by atoms with van der Waals surface area (Å²) < 4.78 is 0. The summed E-state index contributed by atoms with van der Waals surface area (Å²) in [6.45, 7) is 1.26. The standard InChI is InChI=1S/C12H20N2O6/c1-7(15)8(3-5-10(16)17)14-12(20)9(13-2)4-6-11(18)19/h8-9,13H,3-6H2,1-2H3,(H,14,20)(H,16,17)(H,18,19). The molecule has 0 saturated heterocycles. The Bertz CT molecular complexity index is 382. The minimum Gasteiger partial charge on any atom is -0.481 e. The molecule has 4 N–H and O–H groups in total. The molecule has 0 aromatic rings. The van der Waals surface area contributed by atoms with Crippen LogP contribution in [-0.4, -0.2) is 53.0 Å². The lowest BCUT2D eigenvalue weighted by Crippen LogP contribution is -2.49. The van der Waals surface area contributed by atoms with E-state index in [0.717, 1.165) is 0 Å². The highest BCUT2D eigenvalue weighted by Gasteiger charge is 2.23. The molecule has 0 fully saturated rings. The van der Waals surface area contributed by atoms with Gasteiger partial charge in [0.15, 0.2) is 5.78 Å². The number of Topliss-reactive ketones (excluding diaryl/α,β-unsaturated/α-hetero) is 1. The third kappa shape index (κ3) is 7.47. The SMILES string of the molecule is CNC(CCC(=O)O)C(=O)NC(CCC(=O)O)C(C)=O. The van der Waals surface area contributed by atoms with Crippen LogP contribution in [-0.2, 0) is 19.2 Å². The molecule has 0 aromatic heterocycles. The van der Waals surface area contributed by atoms with E-state index in [1.807, 2.05) is 0 Å². The van der Waals surface area contributed by atoms with Gasteiger partial charge >= 0.3 is 11.9 Å². The van der Waals surface area contributed by atoms with Crippen LogP contribution in [0.4, 0.5) is 0 Å². The molecule has 1 amide bonds. The van der Waals surface area contributed by atoms with E-state index in [4.69, 9.17) is 10.2 Å². The van der Waals surface area contributed by atoms with Gasteiger partial charge in [0.1, 0.15) is 0 Å². The summed E-state index contributed by atoms with van der Waals surface area (Å²) in [5.74, 6) is -2.93. The Kier molecular flexibility index (Phi) is 8.14. The topological polar surface area (TPSA) is 133 Å². The second-order valence-electron chi connectivity index (χ2n) is 4.38. The van der Waals surface area contributed by atoms with E-state index >= 15 is 0 Å². The predicted molar refractivity (Wildman–Crippen MR) is 69.2 cm³/mol. The number of carbonyl (C=O) groups excluding carboxylic acids is 2. The molecule has 0 aliphatic carbocycles. The fraction of sp³-hybridized carbons (Fsp3) is 0.667. The van der Waals surface area contributed by atoms with Gasteiger partial charge in [-0.15, -0.1) is 0 Å². The quantitative estimate of drug-likeness (QED) is 0.421. The highest BCUT2D eigenvalue weighted by molar-refractivity contribution is 5.90. The van der Waals surface area contributed by atoms with Crippen molar-refractivity contribution in [2.24, 2.45) is 0 Å². The maximum atomic E-state index is 11.9. The number of amides is 1. The van der Waals surface area contributed by atoms with Gasteiger partial charge in [-0.25, -0.2) is 0 Å². The minimum atomic E-state index is -1.05. The van der Waals surface area contributed by atoms with Crippen LogP contribution >= 0.6 is 0 Å². The van der Waals surface area contributed by atoms with Crippen LogP contribution in [0.1, 0.15) is 32.6 Å². The van der Waals surface area contributed by atoms with Crippen molar-refractivity contribution in [3.63, 3.8) is 0 Å². The van der Waals surface area contributed by atoms with Crippen molar-refractivity contribution >= 4 is 23.6 Å². The second-order valence-corrected chi connectivity index (χ2v) is 4.38. The lowest BCUT2D eigenvalue weighted by molar-refractivity contribution is -0.139. The van der Waals surface area contributed by atoms with Crippen molar-refractivity contribution in [2.45, 2.75) is 44.7 Å². The molecule has 8 heteroatoms. The van der Waals surface area contributed by atoms with Gasteiger partial charge in [-0.3, -0.25) is 19.2 Å². The number of likely N-dealkylation sites (N-methyl/N-ethyl adjacent to an activating group) is 1. The Morgan fingerprint density at radius 2 is 1.40 bits per heavy atom. The highest BCUT2D eigenvalue weighted by Crippen LogP contribution is 2.03. The monoisotopic (exact) mass is 288 g/mol. The summed E-state index contributed by atoms with van der Waals surface area (Å²) in [5, 5.41) is 22.3. The third-order valence-corrected chi connectivity index (χ3v) is 2.77. The Hall–Kier alpha value is -1.96. The predicted octanol–water partition coefficient (Wildman–Crippen LogP) is -0.622. The van der Waals surface area contributed by atoms with Crippen molar-refractivity contribution in [3.05, 3.63) is 0 Å². The van der Waals surface area contributed by atoms with Crippen molar-refractivity contribution in [3.8, 4) is 0 Å². The second kappa shape index (κ2) is 9.03. The first-order chi connectivity index (χ1) is 9.27. The summed E-state index contributed by atoms with van der Waals surface area (Å²) in [6.07, 6.45) is -0.324. The summed E-state index contributed by atoms with van der Waals surface area (Å²) >= 11 is 0. The lowest BCUT2D eigenvalue weighted by Gasteiger charge is -2.20. The number of hydrogen-bond donors (Lipinski definition) is 4. The van der Waals surface area contributed by atoms with E-state index in [2.05, 4.69) is 10.6 Å². The Labute approximate surface area is 116 Å². The smallest absolute Gasteiger partial charge is 0.303 e. The maximum Gasteiger partial charge on any atom is 0.303 e. The third-order valence-electron chi connectivity index (χ3n) is 2.77. The van der Waals surface area contributed by atoms with Crippen molar-refractivity contribution in [1.82, 2.24) is 10.6 Å². The molecule has 0 aliphatic heterocycles. The van der Waals surface area contributed by atoms with E-state index in [1.165, 1.54) is 14.0 Å². The molecule has 0 radical (unpaired) electrons. The normalized spacial score (nSPS) is 13.3. The van der Waals surface area contributed by atoms with Gasteiger partial charge in [0.25, 0.3) is 0 Å². The average molecular weight is 288 g/mol. The number of ketones is 1. The van der Waals surface area contributed by atoms with Crippen molar-refractivity contribution in [1.29, 1.82) is 0 Å². The fourth-order valence-corrected chi connectivity index (χ4v) is 1.59. The Morgan fingerprint density at radius 3 is 1.75 bits per heavy atom. The van der Waals surface area contributed by atoms with Crippen molar-refractivity contribution in [2.75, 3.05) is 7.05 Å². The molecule has 0 rings (SSSR count). The van der Waals surface area contributed by atoms with E-state index in [-0.39, 0.29) is 31.5 Å². The van der Waals surface area contributed by atoms with Crippen LogP contribution in [0, 0.1) is 0 Å². The van der Waals surface area contributed by atoms with Crippen LogP contribution in [0.2, 0.25) is 0 Å². The number of carboxylic acids is 2. The Morgan fingerprint density at radius 1 is 0.950 bits per heavy atom. The number of carbonyl (C=O) groups is 4. The highest BCUT2D eigenvalue weighted by atomic mass is 16.4. The molecule has 20 heavy (non-hydrogen) atoms. The molecular weight excluding hydrogens is 268 g/mol. The first-order valence-corrected chi connectivity index (χ1v) is 6.19. The number of nitrogens with one attached hydrogen (secondary N) is 2. The van der Waals surface area contributed by atoms with E-state index in [0.29, 0.717) is 0 Å². The number of hydrogen-bond acceptors (Lipinski definition) is 5. The van der Waals surface area contributed by atoms with Gasteiger partial charge in [-0.05, 0) is 26.8 Å². The molecule has 0 saturated carbocycles. The minimum absolute atomic E-state index is 0.00573. The average Bonchev–Trinajstić information content (AvgIpc) is 2.34. The lowest BCUT2D eigenvalue weighted by atomic mass is 10.1.